The van der Waals surface area contributed by atoms with Gasteiger partial charge in [-0.2, -0.15) is 0 Å². The summed E-state index contributed by atoms with van der Waals surface area (Å²) in [6, 6.07) is 12.5. The second kappa shape index (κ2) is 5.31. The van der Waals surface area contributed by atoms with Crippen LogP contribution in [-0.4, -0.2) is 0 Å². The number of nitrogens with one attached hydrogen (secondary N) is 1. The van der Waals surface area contributed by atoms with Crippen LogP contribution >= 0.6 is 0 Å². The van der Waals surface area contributed by atoms with Crippen molar-refractivity contribution in [3.05, 3.63) is 70.7 Å². The molecular formula is C17H17FN2O. The highest BCUT2D eigenvalue weighted by Crippen LogP contribution is 2.30. The number of nitrogens with two attached hydrogens (primary N) is 1. The first-order chi connectivity index (χ1) is 10.1. The summed E-state index contributed by atoms with van der Waals surface area (Å²) < 4.78 is 19.5. The lowest BCUT2D eigenvalue weighted by atomic mass is 9.97. The molecule has 0 saturated carbocycles. The summed E-state index contributed by atoms with van der Waals surface area (Å²) in [5.41, 5.74) is 6.29. The number of halogens is 1. The van der Waals surface area contributed by atoms with Gasteiger partial charge in [0.2, 0.25) is 0 Å². The summed E-state index contributed by atoms with van der Waals surface area (Å²) in [7, 11) is 0. The normalized spacial score (nSPS) is 12.8. The molecule has 0 aliphatic heterocycles. The highest BCUT2D eigenvalue weighted by atomic mass is 19.1. The second-order valence-electron chi connectivity index (χ2n) is 5.27. The van der Waals surface area contributed by atoms with Crippen molar-refractivity contribution in [1.29, 1.82) is 0 Å². The Kier molecular flexibility index (Phi) is 3.49. The number of furan rings is 1. The van der Waals surface area contributed by atoms with Crippen molar-refractivity contribution in [2.75, 3.05) is 0 Å². The van der Waals surface area contributed by atoms with Crippen LogP contribution in [0.4, 0.5) is 4.39 Å². The second-order valence-corrected chi connectivity index (χ2v) is 5.27. The first kappa shape index (κ1) is 13.8. The maximum atomic E-state index is 13.8. The van der Waals surface area contributed by atoms with E-state index in [1.54, 1.807) is 6.07 Å². The molecule has 1 atom stereocenters. The number of hydrogen-bond acceptors (Lipinski definition) is 3. The Morgan fingerprint density at radius 2 is 1.95 bits per heavy atom. The molecule has 0 amide bonds. The molecule has 0 fully saturated rings. The first-order valence-corrected chi connectivity index (χ1v) is 6.81. The number of aryl methyl sites for hydroxylation is 2. The Balaban J connectivity index is 2.13. The highest BCUT2D eigenvalue weighted by Gasteiger charge is 2.20. The SMILES string of the molecule is Cc1ccc(C)c(C(NN)c2cc3cccc(F)c3o2)c1. The molecule has 3 nitrogen and oxygen atoms in total. The molecule has 21 heavy (non-hydrogen) atoms. The van der Waals surface area contributed by atoms with Crippen molar-refractivity contribution in [2.24, 2.45) is 5.84 Å². The topological polar surface area (TPSA) is 51.2 Å². The van der Waals surface area contributed by atoms with E-state index in [9.17, 15) is 4.39 Å². The van der Waals surface area contributed by atoms with Crippen LogP contribution in [0.25, 0.3) is 11.0 Å². The molecule has 4 heteroatoms. The summed E-state index contributed by atoms with van der Waals surface area (Å²) in [5, 5.41) is 0.732. The van der Waals surface area contributed by atoms with E-state index in [-0.39, 0.29) is 17.4 Å². The minimum absolute atomic E-state index is 0.262. The predicted octanol–water partition coefficient (Wildman–Crippen LogP) is 3.74. The van der Waals surface area contributed by atoms with Gasteiger partial charge in [-0.3, -0.25) is 5.84 Å². The van der Waals surface area contributed by atoms with Gasteiger partial charge in [0, 0.05) is 5.39 Å². The fourth-order valence-corrected chi connectivity index (χ4v) is 2.59. The number of rotatable bonds is 3. The molecule has 3 N–H and O–H groups in total. The maximum absolute atomic E-state index is 13.8. The molecule has 1 heterocycles. The van der Waals surface area contributed by atoms with Gasteiger partial charge < -0.3 is 4.42 Å². The van der Waals surface area contributed by atoms with Crippen LogP contribution in [0.15, 0.2) is 46.9 Å². The van der Waals surface area contributed by atoms with Crippen molar-refractivity contribution in [3.63, 3.8) is 0 Å². The number of hydrazine groups is 1. The number of para-hydroxylation sites is 1. The molecule has 0 spiro atoms. The smallest absolute Gasteiger partial charge is 0.169 e. The molecule has 2 aromatic carbocycles. The summed E-state index contributed by atoms with van der Waals surface area (Å²) >= 11 is 0. The van der Waals surface area contributed by atoms with Gasteiger partial charge >= 0.3 is 0 Å². The molecule has 108 valence electrons. The van der Waals surface area contributed by atoms with E-state index in [0.717, 1.165) is 22.1 Å². The van der Waals surface area contributed by atoms with Crippen molar-refractivity contribution in [2.45, 2.75) is 19.9 Å². The quantitative estimate of drug-likeness (QED) is 0.569. The molecular weight excluding hydrogens is 267 g/mol. The lowest BCUT2D eigenvalue weighted by Gasteiger charge is -2.17. The highest BCUT2D eigenvalue weighted by molar-refractivity contribution is 5.78. The van der Waals surface area contributed by atoms with E-state index in [2.05, 4.69) is 11.5 Å². The summed E-state index contributed by atoms with van der Waals surface area (Å²) in [4.78, 5) is 0. The predicted molar refractivity (Wildman–Crippen MR) is 81.3 cm³/mol. The fraction of sp³-hybridized carbons (Fsp3) is 0.176. The lowest BCUT2D eigenvalue weighted by Crippen LogP contribution is -2.29. The average Bonchev–Trinajstić information content (AvgIpc) is 2.89. The molecule has 0 saturated heterocycles. The number of fused-ring (bicyclic) bond motifs is 1. The molecule has 0 bridgehead atoms. The van der Waals surface area contributed by atoms with Crippen LogP contribution in [0.3, 0.4) is 0 Å². The molecule has 1 aromatic heterocycles. The van der Waals surface area contributed by atoms with Crippen molar-refractivity contribution in [1.82, 2.24) is 5.43 Å². The Hall–Kier alpha value is -2.17. The van der Waals surface area contributed by atoms with Crippen LogP contribution in [0, 0.1) is 19.7 Å². The van der Waals surface area contributed by atoms with Gasteiger partial charge in [-0.25, -0.2) is 9.82 Å². The zero-order valence-corrected chi connectivity index (χ0v) is 12.0. The Morgan fingerprint density at radius 1 is 1.14 bits per heavy atom. The minimum atomic E-state index is -0.365. The van der Waals surface area contributed by atoms with Crippen molar-refractivity contribution in [3.8, 4) is 0 Å². The molecule has 1 unspecified atom stereocenters. The number of hydrogen-bond donors (Lipinski definition) is 2. The van der Waals surface area contributed by atoms with Crippen LogP contribution in [0.1, 0.15) is 28.5 Å². The fourth-order valence-electron chi connectivity index (χ4n) is 2.59. The van der Waals surface area contributed by atoms with Gasteiger partial charge in [0.1, 0.15) is 11.8 Å². The van der Waals surface area contributed by atoms with E-state index < -0.39 is 0 Å². The van der Waals surface area contributed by atoms with E-state index in [1.165, 1.54) is 6.07 Å². The van der Waals surface area contributed by atoms with Crippen LogP contribution in [0.2, 0.25) is 0 Å². The summed E-state index contributed by atoms with van der Waals surface area (Å²) in [6.45, 7) is 4.04. The zero-order valence-electron chi connectivity index (χ0n) is 12.0. The first-order valence-electron chi connectivity index (χ1n) is 6.81. The largest absolute Gasteiger partial charge is 0.456 e. The van der Waals surface area contributed by atoms with Gasteiger partial charge in [0.25, 0.3) is 0 Å². The molecule has 0 aliphatic carbocycles. The van der Waals surface area contributed by atoms with Crippen LogP contribution in [-0.2, 0) is 0 Å². The van der Waals surface area contributed by atoms with Gasteiger partial charge in [-0.05, 0) is 37.1 Å². The van der Waals surface area contributed by atoms with Crippen molar-refractivity contribution >= 4 is 11.0 Å². The summed E-state index contributed by atoms with van der Waals surface area (Å²) in [6.07, 6.45) is 0. The third-order valence-corrected chi connectivity index (χ3v) is 3.71. The van der Waals surface area contributed by atoms with Crippen LogP contribution in [0.5, 0.6) is 0 Å². The monoisotopic (exact) mass is 284 g/mol. The minimum Gasteiger partial charge on any atom is -0.456 e. The standard InChI is InChI=1S/C17H17FN2O/c1-10-6-7-11(2)13(8-10)16(20-19)15-9-12-4-3-5-14(18)17(12)21-15/h3-9,16,20H,19H2,1-2H3. The molecule has 0 aliphatic rings. The van der Waals surface area contributed by atoms with E-state index in [4.69, 9.17) is 10.3 Å². The van der Waals surface area contributed by atoms with Gasteiger partial charge in [-0.1, -0.05) is 35.9 Å². The third kappa shape index (κ3) is 2.44. The Bertz CT molecular complexity index is 795. The molecule has 3 rings (SSSR count). The maximum Gasteiger partial charge on any atom is 0.169 e. The van der Waals surface area contributed by atoms with E-state index in [0.29, 0.717) is 5.76 Å². The van der Waals surface area contributed by atoms with E-state index >= 15 is 0 Å². The average molecular weight is 284 g/mol. The Morgan fingerprint density at radius 3 is 2.67 bits per heavy atom. The van der Waals surface area contributed by atoms with Gasteiger partial charge in [0.15, 0.2) is 11.4 Å². The van der Waals surface area contributed by atoms with E-state index in [1.807, 2.05) is 38.1 Å². The van der Waals surface area contributed by atoms with Gasteiger partial charge in [0.05, 0.1) is 0 Å². The third-order valence-electron chi connectivity index (χ3n) is 3.71. The van der Waals surface area contributed by atoms with Crippen molar-refractivity contribution < 1.29 is 8.81 Å². The summed E-state index contributed by atoms with van der Waals surface area (Å²) in [5.74, 6) is 5.95. The lowest BCUT2D eigenvalue weighted by molar-refractivity contribution is 0.464. The Labute approximate surface area is 122 Å². The molecule has 3 aromatic rings. The zero-order chi connectivity index (χ0) is 15.0. The van der Waals surface area contributed by atoms with Gasteiger partial charge in [-0.15, -0.1) is 0 Å². The number of benzene rings is 2. The molecule has 0 radical (unpaired) electrons. The van der Waals surface area contributed by atoms with Crippen LogP contribution < -0.4 is 11.3 Å².